The van der Waals surface area contributed by atoms with Gasteiger partial charge in [0, 0.05) is 13.2 Å². The summed E-state index contributed by atoms with van der Waals surface area (Å²) < 4.78 is 5.65. The van der Waals surface area contributed by atoms with E-state index in [1.54, 1.807) is 0 Å². The Bertz CT molecular complexity index is 103. The molecule has 0 aliphatic carbocycles. The number of nitrogens with one attached hydrogen (secondary N) is 1. The quantitative estimate of drug-likeness (QED) is 0.736. The molecule has 1 atom stereocenters. The Kier molecular flexibility index (Phi) is 6.81. The van der Waals surface area contributed by atoms with Gasteiger partial charge in [-0.2, -0.15) is 0 Å². The summed E-state index contributed by atoms with van der Waals surface area (Å²) in [5.74, 6) is 0.768. The van der Waals surface area contributed by atoms with E-state index < -0.39 is 0 Å². The largest absolute Gasteiger partial charge is 0.377 e. The minimum Gasteiger partial charge on any atom is -0.377 e. The Hall–Kier alpha value is 0.210. The second kappa shape index (κ2) is 6.70. The molecular weight excluding hydrogens is 174 g/mol. The predicted molar refractivity (Wildman–Crippen MR) is 53.9 cm³/mol. The maximum Gasteiger partial charge on any atom is 0.0711 e. The zero-order valence-corrected chi connectivity index (χ0v) is 8.82. The zero-order valence-electron chi connectivity index (χ0n) is 8.01. The van der Waals surface area contributed by atoms with Crippen LogP contribution in [-0.4, -0.2) is 25.8 Å². The van der Waals surface area contributed by atoms with Crippen LogP contribution in [0.2, 0.25) is 0 Å². The van der Waals surface area contributed by atoms with Crippen molar-refractivity contribution in [1.82, 2.24) is 5.32 Å². The second-order valence-corrected chi connectivity index (χ2v) is 3.67. The minimum atomic E-state index is 0. The Labute approximate surface area is 81.5 Å². The zero-order chi connectivity index (χ0) is 8.10. The summed E-state index contributed by atoms with van der Waals surface area (Å²) in [6.07, 6.45) is 2.88. The van der Waals surface area contributed by atoms with Crippen LogP contribution in [0, 0.1) is 5.92 Å². The van der Waals surface area contributed by atoms with E-state index >= 15 is 0 Å². The van der Waals surface area contributed by atoms with Crippen molar-refractivity contribution in [2.45, 2.75) is 32.8 Å². The average molecular weight is 194 g/mol. The van der Waals surface area contributed by atoms with Crippen LogP contribution in [0.4, 0.5) is 0 Å². The van der Waals surface area contributed by atoms with Gasteiger partial charge in [-0.15, -0.1) is 12.4 Å². The number of halogens is 1. The molecule has 1 saturated heterocycles. The van der Waals surface area contributed by atoms with E-state index in [0.29, 0.717) is 6.10 Å². The normalized spacial score (nSPS) is 22.8. The van der Waals surface area contributed by atoms with Crippen LogP contribution < -0.4 is 5.32 Å². The lowest BCUT2D eigenvalue weighted by atomic mass is 10.1. The molecule has 0 bridgehead atoms. The molecule has 0 radical (unpaired) electrons. The van der Waals surface area contributed by atoms with Crippen molar-refractivity contribution in [2.75, 3.05) is 19.7 Å². The van der Waals surface area contributed by atoms with Gasteiger partial charge in [-0.3, -0.25) is 0 Å². The molecule has 0 unspecified atom stereocenters. The molecule has 0 saturated carbocycles. The SMILES string of the molecule is CC(C)CCO[C@@H]1CCNC1.Cl. The van der Waals surface area contributed by atoms with Gasteiger partial charge in [0.25, 0.3) is 0 Å². The number of rotatable bonds is 4. The van der Waals surface area contributed by atoms with E-state index in [-0.39, 0.29) is 12.4 Å². The molecule has 1 heterocycles. The van der Waals surface area contributed by atoms with Crippen molar-refractivity contribution < 1.29 is 4.74 Å². The van der Waals surface area contributed by atoms with Gasteiger partial charge in [0.2, 0.25) is 0 Å². The maximum absolute atomic E-state index is 5.65. The first kappa shape index (κ1) is 12.2. The second-order valence-electron chi connectivity index (χ2n) is 3.67. The van der Waals surface area contributed by atoms with Gasteiger partial charge in [-0.1, -0.05) is 13.8 Å². The molecule has 3 heteroatoms. The fourth-order valence-electron chi connectivity index (χ4n) is 1.24. The van der Waals surface area contributed by atoms with E-state index in [1.807, 2.05) is 0 Å². The van der Waals surface area contributed by atoms with E-state index in [2.05, 4.69) is 19.2 Å². The first-order chi connectivity index (χ1) is 5.29. The molecule has 74 valence electrons. The third-order valence-corrected chi connectivity index (χ3v) is 2.06. The van der Waals surface area contributed by atoms with Crippen molar-refractivity contribution in [2.24, 2.45) is 5.92 Å². The van der Waals surface area contributed by atoms with Gasteiger partial charge in [-0.05, 0) is 25.3 Å². The van der Waals surface area contributed by atoms with Crippen LogP contribution in [-0.2, 0) is 4.74 Å². The first-order valence-electron chi connectivity index (χ1n) is 4.61. The molecular formula is C9H20ClNO. The Morgan fingerprint density at radius 2 is 2.25 bits per heavy atom. The van der Waals surface area contributed by atoms with Crippen molar-refractivity contribution in [3.05, 3.63) is 0 Å². The van der Waals surface area contributed by atoms with E-state index in [1.165, 1.54) is 12.8 Å². The third kappa shape index (κ3) is 4.96. The minimum absolute atomic E-state index is 0. The van der Waals surface area contributed by atoms with Crippen molar-refractivity contribution >= 4 is 12.4 Å². The van der Waals surface area contributed by atoms with Crippen LogP contribution in [0.25, 0.3) is 0 Å². The fourth-order valence-corrected chi connectivity index (χ4v) is 1.24. The lowest BCUT2D eigenvalue weighted by Crippen LogP contribution is -2.17. The summed E-state index contributed by atoms with van der Waals surface area (Å²) in [5.41, 5.74) is 0. The standard InChI is InChI=1S/C9H19NO.ClH/c1-8(2)4-6-11-9-3-5-10-7-9;/h8-10H,3-7H2,1-2H3;1H/t9-;/m1./s1. The summed E-state index contributed by atoms with van der Waals surface area (Å²) in [6, 6.07) is 0. The van der Waals surface area contributed by atoms with Crippen LogP contribution in [0.1, 0.15) is 26.7 Å². The molecule has 1 aliphatic heterocycles. The summed E-state index contributed by atoms with van der Waals surface area (Å²) >= 11 is 0. The summed E-state index contributed by atoms with van der Waals surface area (Å²) in [5, 5.41) is 3.29. The van der Waals surface area contributed by atoms with Gasteiger partial charge in [-0.25, -0.2) is 0 Å². The Morgan fingerprint density at radius 3 is 2.75 bits per heavy atom. The number of hydrogen-bond acceptors (Lipinski definition) is 2. The topological polar surface area (TPSA) is 21.3 Å². The van der Waals surface area contributed by atoms with E-state index in [0.717, 1.165) is 25.6 Å². The molecule has 2 nitrogen and oxygen atoms in total. The molecule has 12 heavy (non-hydrogen) atoms. The van der Waals surface area contributed by atoms with Gasteiger partial charge in [0.05, 0.1) is 6.10 Å². The highest BCUT2D eigenvalue weighted by atomic mass is 35.5. The molecule has 1 aliphatic rings. The van der Waals surface area contributed by atoms with E-state index in [9.17, 15) is 0 Å². The van der Waals surface area contributed by atoms with Crippen LogP contribution in [0.3, 0.4) is 0 Å². The lowest BCUT2D eigenvalue weighted by Gasteiger charge is -2.11. The molecule has 0 aromatic heterocycles. The average Bonchev–Trinajstić information content (AvgIpc) is 2.39. The van der Waals surface area contributed by atoms with Crippen molar-refractivity contribution in [3.63, 3.8) is 0 Å². The molecule has 1 fully saturated rings. The molecule has 0 amide bonds. The Morgan fingerprint density at radius 1 is 1.50 bits per heavy atom. The highest BCUT2D eigenvalue weighted by Crippen LogP contribution is 2.06. The van der Waals surface area contributed by atoms with Crippen molar-refractivity contribution in [1.29, 1.82) is 0 Å². The van der Waals surface area contributed by atoms with Crippen LogP contribution in [0.15, 0.2) is 0 Å². The Balaban J connectivity index is 0.00000121. The van der Waals surface area contributed by atoms with Crippen molar-refractivity contribution in [3.8, 4) is 0 Å². The van der Waals surface area contributed by atoms with Crippen LogP contribution in [0.5, 0.6) is 0 Å². The predicted octanol–water partition coefficient (Wildman–Crippen LogP) is 1.83. The van der Waals surface area contributed by atoms with Gasteiger partial charge < -0.3 is 10.1 Å². The highest BCUT2D eigenvalue weighted by Gasteiger charge is 2.13. The van der Waals surface area contributed by atoms with Gasteiger partial charge >= 0.3 is 0 Å². The molecule has 1 N–H and O–H groups in total. The van der Waals surface area contributed by atoms with E-state index in [4.69, 9.17) is 4.74 Å². The van der Waals surface area contributed by atoms with Gasteiger partial charge in [0.15, 0.2) is 0 Å². The highest BCUT2D eigenvalue weighted by molar-refractivity contribution is 5.85. The molecule has 1 rings (SSSR count). The smallest absolute Gasteiger partial charge is 0.0711 e. The summed E-state index contributed by atoms with van der Waals surface area (Å²) in [6.45, 7) is 7.58. The number of hydrogen-bond donors (Lipinski definition) is 1. The maximum atomic E-state index is 5.65. The fraction of sp³-hybridized carbons (Fsp3) is 1.00. The monoisotopic (exact) mass is 193 g/mol. The third-order valence-electron chi connectivity index (χ3n) is 2.06. The lowest BCUT2D eigenvalue weighted by molar-refractivity contribution is 0.0598. The summed E-state index contributed by atoms with van der Waals surface area (Å²) in [4.78, 5) is 0. The first-order valence-corrected chi connectivity index (χ1v) is 4.61. The summed E-state index contributed by atoms with van der Waals surface area (Å²) in [7, 11) is 0. The number of ether oxygens (including phenoxy) is 1. The molecule has 0 spiro atoms. The molecule has 0 aromatic carbocycles. The van der Waals surface area contributed by atoms with Gasteiger partial charge in [0.1, 0.15) is 0 Å². The molecule has 0 aromatic rings. The van der Waals surface area contributed by atoms with Crippen LogP contribution >= 0.6 is 12.4 Å².